The minimum Gasteiger partial charge on any atom is -0.474 e. The van der Waals surface area contributed by atoms with E-state index in [9.17, 15) is 14.4 Å². The highest BCUT2D eigenvalue weighted by atomic mass is 16.4. The van der Waals surface area contributed by atoms with E-state index >= 15 is 0 Å². The Morgan fingerprint density at radius 1 is 1.50 bits per heavy atom. The molecule has 0 atom stereocenters. The molecule has 0 bridgehead atoms. The molecule has 0 radical (unpaired) electrons. The van der Waals surface area contributed by atoms with Crippen LogP contribution in [0.4, 0.5) is 0 Å². The average molecular weight is 167 g/mol. The van der Waals surface area contributed by atoms with Crippen LogP contribution in [0.25, 0.3) is 0 Å². The van der Waals surface area contributed by atoms with Crippen LogP contribution in [0.2, 0.25) is 0 Å². The predicted octanol–water partition coefficient (Wildman–Crippen LogP) is 0.0254. The van der Waals surface area contributed by atoms with Gasteiger partial charge in [-0.1, -0.05) is 0 Å². The molecule has 1 aromatic heterocycles. The van der Waals surface area contributed by atoms with E-state index in [-0.39, 0.29) is 5.69 Å². The molecule has 1 N–H and O–H groups in total. The lowest BCUT2D eigenvalue weighted by molar-refractivity contribution is -0.132. The van der Waals surface area contributed by atoms with Crippen LogP contribution < -0.4 is 0 Å². The topological polar surface area (TPSA) is 76.4 Å². The number of hydrogen-bond donors (Lipinski definition) is 1. The molecule has 1 aromatic rings. The Kier molecular flexibility index (Phi) is 2.05. The number of carbonyl (C=O) groups excluding carboxylic acids is 2. The molecule has 5 heteroatoms. The average Bonchev–Trinajstić information content (AvgIpc) is 2.49. The maximum absolute atomic E-state index is 10.8. The van der Waals surface area contributed by atoms with E-state index in [4.69, 9.17) is 5.11 Å². The van der Waals surface area contributed by atoms with Gasteiger partial charge in [-0.05, 0) is 12.1 Å². The van der Waals surface area contributed by atoms with Gasteiger partial charge in [0.15, 0.2) is 6.29 Å². The van der Waals surface area contributed by atoms with Crippen molar-refractivity contribution >= 4 is 18.2 Å². The zero-order valence-corrected chi connectivity index (χ0v) is 5.93. The van der Waals surface area contributed by atoms with E-state index in [1.165, 1.54) is 18.3 Å². The number of rotatable bonds is 1. The van der Waals surface area contributed by atoms with E-state index in [1.54, 1.807) is 0 Å². The van der Waals surface area contributed by atoms with Crippen LogP contribution in [0.3, 0.4) is 0 Å². The first kappa shape index (κ1) is 8.19. The monoisotopic (exact) mass is 167 g/mol. The summed E-state index contributed by atoms with van der Waals surface area (Å²) in [7, 11) is 0. The molecule has 0 aromatic carbocycles. The molecule has 0 spiro atoms. The third-order valence-corrected chi connectivity index (χ3v) is 1.30. The minimum atomic E-state index is -1.59. The predicted molar refractivity (Wildman–Crippen MR) is 38.1 cm³/mol. The van der Waals surface area contributed by atoms with Crippen molar-refractivity contribution in [3.63, 3.8) is 0 Å². The molecule has 12 heavy (non-hydrogen) atoms. The first-order valence-electron chi connectivity index (χ1n) is 3.07. The quantitative estimate of drug-likeness (QED) is 0.472. The molecule has 0 aliphatic rings. The number of carboxylic acids is 1. The van der Waals surface area contributed by atoms with Gasteiger partial charge in [0.2, 0.25) is 0 Å². The largest absolute Gasteiger partial charge is 0.474 e. The Labute approximate surface area is 67.2 Å². The summed E-state index contributed by atoms with van der Waals surface area (Å²) in [5, 5.41) is 8.29. The molecule has 0 saturated carbocycles. The van der Waals surface area contributed by atoms with Crippen molar-refractivity contribution < 1.29 is 19.5 Å². The molecule has 0 amide bonds. The van der Waals surface area contributed by atoms with E-state index in [2.05, 4.69) is 0 Å². The Morgan fingerprint density at radius 3 is 2.67 bits per heavy atom. The lowest BCUT2D eigenvalue weighted by Crippen LogP contribution is -2.21. The van der Waals surface area contributed by atoms with Crippen LogP contribution >= 0.6 is 0 Å². The SMILES string of the molecule is O=Cc1cccn1C(=O)C(=O)O. The fourth-order valence-electron chi connectivity index (χ4n) is 0.778. The number of aromatic nitrogens is 1. The van der Waals surface area contributed by atoms with E-state index in [0.29, 0.717) is 6.29 Å². The van der Waals surface area contributed by atoms with Crippen molar-refractivity contribution in [1.29, 1.82) is 0 Å². The number of aliphatic carboxylic acids is 1. The lowest BCUT2D eigenvalue weighted by Gasteiger charge is -1.96. The van der Waals surface area contributed by atoms with Gasteiger partial charge < -0.3 is 5.11 Å². The Balaban J connectivity index is 3.10. The first-order chi connectivity index (χ1) is 5.66. The maximum atomic E-state index is 10.8. The van der Waals surface area contributed by atoms with Crippen LogP contribution in [0.5, 0.6) is 0 Å². The minimum absolute atomic E-state index is 0.0300. The van der Waals surface area contributed by atoms with Gasteiger partial charge in [-0.15, -0.1) is 0 Å². The van der Waals surface area contributed by atoms with Crippen molar-refractivity contribution in [2.45, 2.75) is 0 Å². The lowest BCUT2D eigenvalue weighted by atomic mass is 10.4. The molecule has 62 valence electrons. The summed E-state index contributed by atoms with van der Waals surface area (Å²) in [6, 6.07) is 2.78. The van der Waals surface area contributed by atoms with Crippen LogP contribution in [0, 0.1) is 0 Å². The molecular formula is C7H5NO4. The van der Waals surface area contributed by atoms with Crippen molar-refractivity contribution in [3.8, 4) is 0 Å². The molecule has 0 unspecified atom stereocenters. The summed E-state index contributed by atoms with van der Waals surface area (Å²) in [6.07, 6.45) is 1.64. The second kappa shape index (κ2) is 3.00. The van der Waals surface area contributed by atoms with Crippen LogP contribution in [0.1, 0.15) is 15.3 Å². The fourth-order valence-corrected chi connectivity index (χ4v) is 0.778. The second-order valence-corrected chi connectivity index (χ2v) is 2.03. The summed E-state index contributed by atoms with van der Waals surface area (Å²) in [4.78, 5) is 31.2. The molecule has 1 heterocycles. The Morgan fingerprint density at radius 2 is 2.17 bits per heavy atom. The molecule has 1 rings (SSSR count). The molecule has 0 fully saturated rings. The fraction of sp³-hybridized carbons (Fsp3) is 0. The maximum Gasteiger partial charge on any atom is 0.395 e. The molecule has 0 aliphatic carbocycles. The number of carbonyl (C=O) groups is 3. The summed E-state index contributed by atoms with van der Waals surface area (Å²) in [5.41, 5.74) is 0.0300. The van der Waals surface area contributed by atoms with Crippen molar-refractivity contribution in [2.75, 3.05) is 0 Å². The van der Waals surface area contributed by atoms with Crippen LogP contribution in [0.15, 0.2) is 18.3 Å². The number of hydrogen-bond acceptors (Lipinski definition) is 3. The van der Waals surface area contributed by atoms with Crippen molar-refractivity contribution in [3.05, 3.63) is 24.0 Å². The third-order valence-electron chi connectivity index (χ3n) is 1.30. The smallest absolute Gasteiger partial charge is 0.395 e. The standard InChI is InChI=1S/C7H5NO4/c9-4-5-2-1-3-8(5)6(10)7(11)12/h1-4H,(H,11,12). The molecule has 0 aliphatic heterocycles. The van der Waals surface area contributed by atoms with Gasteiger partial charge in [-0.2, -0.15) is 0 Å². The molecular weight excluding hydrogens is 162 g/mol. The second-order valence-electron chi connectivity index (χ2n) is 2.03. The van der Waals surface area contributed by atoms with E-state index in [1.807, 2.05) is 0 Å². The van der Waals surface area contributed by atoms with Gasteiger partial charge in [0.25, 0.3) is 0 Å². The van der Waals surface area contributed by atoms with E-state index < -0.39 is 11.9 Å². The van der Waals surface area contributed by atoms with Gasteiger partial charge in [0.1, 0.15) is 0 Å². The zero-order chi connectivity index (χ0) is 9.14. The number of carboxylic acid groups (broad SMARTS) is 1. The summed E-state index contributed by atoms with van der Waals surface area (Å²) in [5.74, 6) is -2.73. The van der Waals surface area contributed by atoms with Crippen molar-refractivity contribution in [2.24, 2.45) is 0 Å². The third kappa shape index (κ3) is 1.24. The van der Waals surface area contributed by atoms with Gasteiger partial charge in [0, 0.05) is 6.20 Å². The molecule has 0 saturated heterocycles. The first-order valence-corrected chi connectivity index (χ1v) is 3.07. The highest BCUT2D eigenvalue weighted by Crippen LogP contribution is 1.98. The summed E-state index contributed by atoms with van der Waals surface area (Å²) >= 11 is 0. The Hall–Kier alpha value is -1.91. The summed E-state index contributed by atoms with van der Waals surface area (Å²) < 4.78 is 0.773. The molecule has 5 nitrogen and oxygen atoms in total. The number of nitrogens with zero attached hydrogens (tertiary/aromatic N) is 1. The van der Waals surface area contributed by atoms with Gasteiger partial charge in [-0.3, -0.25) is 14.2 Å². The summed E-state index contributed by atoms with van der Waals surface area (Å²) in [6.45, 7) is 0. The van der Waals surface area contributed by atoms with E-state index in [0.717, 1.165) is 4.57 Å². The van der Waals surface area contributed by atoms with Crippen molar-refractivity contribution in [1.82, 2.24) is 4.57 Å². The highest BCUT2D eigenvalue weighted by molar-refractivity contribution is 6.33. The normalized spacial score (nSPS) is 9.33. The van der Waals surface area contributed by atoms with Crippen LogP contribution in [-0.2, 0) is 4.79 Å². The number of aldehydes is 1. The van der Waals surface area contributed by atoms with Crippen LogP contribution in [-0.4, -0.2) is 27.8 Å². The van der Waals surface area contributed by atoms with Gasteiger partial charge in [-0.25, -0.2) is 4.79 Å². The highest BCUT2D eigenvalue weighted by Gasteiger charge is 2.15. The van der Waals surface area contributed by atoms with Gasteiger partial charge >= 0.3 is 11.9 Å². The Bertz CT molecular complexity index is 339. The zero-order valence-electron chi connectivity index (χ0n) is 5.93. The van der Waals surface area contributed by atoms with Gasteiger partial charge in [0.05, 0.1) is 5.69 Å².